The lowest BCUT2D eigenvalue weighted by Crippen LogP contribution is -2.49. The number of carboxylic acids is 2. The minimum Gasteiger partial charge on any atom is -0.475 e. The fourth-order valence-corrected chi connectivity index (χ4v) is 4.96. The third kappa shape index (κ3) is 8.53. The van der Waals surface area contributed by atoms with Gasteiger partial charge in [0.1, 0.15) is 0 Å². The Morgan fingerprint density at radius 1 is 0.955 bits per heavy atom. The number of hydrogen-bond acceptors (Lipinski definition) is 7. The number of imidazole rings is 1. The van der Waals surface area contributed by atoms with Crippen LogP contribution in [-0.2, 0) is 9.59 Å². The van der Waals surface area contributed by atoms with E-state index in [1.165, 1.54) is 11.3 Å². The van der Waals surface area contributed by atoms with Crippen molar-refractivity contribution in [2.75, 3.05) is 26.7 Å². The summed E-state index contributed by atoms with van der Waals surface area (Å²) in [7, 11) is 2.11. The van der Waals surface area contributed by atoms with Gasteiger partial charge in [-0.2, -0.15) is 26.3 Å². The number of carbonyl (C=O) groups excluding carboxylic acids is 1. The van der Waals surface area contributed by atoms with Crippen LogP contribution >= 0.6 is 11.3 Å². The van der Waals surface area contributed by atoms with Crippen molar-refractivity contribution >= 4 is 34.7 Å². The third-order valence-electron chi connectivity index (χ3n) is 6.35. The Bertz CT molecular complexity index is 1580. The highest BCUT2D eigenvalue weighted by Crippen LogP contribution is 2.30. The molecule has 0 spiro atoms. The average molecular weight is 646 g/mol. The van der Waals surface area contributed by atoms with Gasteiger partial charge in [0.25, 0.3) is 5.91 Å². The zero-order valence-corrected chi connectivity index (χ0v) is 23.8. The molecule has 5 heterocycles. The van der Waals surface area contributed by atoms with Crippen LogP contribution in [0.4, 0.5) is 26.3 Å². The fourth-order valence-electron chi connectivity index (χ4n) is 4.07. The quantitative estimate of drug-likeness (QED) is 0.293. The number of carboxylic acid groups (broad SMARTS) is 2. The molecule has 1 saturated heterocycles. The number of pyridine rings is 2. The summed E-state index contributed by atoms with van der Waals surface area (Å²) < 4.78 is 65.5. The van der Waals surface area contributed by atoms with Gasteiger partial charge in [0, 0.05) is 43.8 Å². The van der Waals surface area contributed by atoms with Crippen molar-refractivity contribution in [1.82, 2.24) is 24.2 Å². The second kappa shape index (κ2) is 13.9. The summed E-state index contributed by atoms with van der Waals surface area (Å²) >= 11 is 1.52. The molecule has 4 aromatic rings. The molecular weight excluding hydrogens is 620 g/mol. The van der Waals surface area contributed by atoms with Crippen molar-refractivity contribution in [2.45, 2.75) is 25.3 Å². The first-order valence-corrected chi connectivity index (χ1v) is 13.4. The van der Waals surface area contributed by atoms with E-state index in [2.05, 4.69) is 45.7 Å². The fraction of sp³-hybridized carbons (Fsp3) is 0.296. The van der Waals surface area contributed by atoms with Gasteiger partial charge in [0.2, 0.25) is 0 Å². The van der Waals surface area contributed by atoms with E-state index >= 15 is 0 Å². The Morgan fingerprint density at radius 2 is 1.59 bits per heavy atom. The molecule has 236 valence electrons. The lowest BCUT2D eigenvalue weighted by molar-refractivity contribution is -0.193. The molecular formula is C27H25F6N5O5S. The van der Waals surface area contributed by atoms with Crippen LogP contribution in [0, 0.1) is 6.92 Å². The Morgan fingerprint density at radius 3 is 2.11 bits per heavy atom. The molecule has 0 bridgehead atoms. The number of hydrogen-bond donors (Lipinski definition) is 2. The Kier molecular flexibility index (Phi) is 10.7. The number of rotatable bonds is 3. The number of aromatic nitrogens is 3. The molecule has 5 rings (SSSR count). The maximum Gasteiger partial charge on any atom is 0.490 e. The van der Waals surface area contributed by atoms with Crippen LogP contribution in [0.25, 0.3) is 16.6 Å². The zero-order valence-electron chi connectivity index (χ0n) is 23.0. The van der Waals surface area contributed by atoms with Gasteiger partial charge in [-0.15, -0.1) is 11.3 Å². The van der Waals surface area contributed by atoms with Gasteiger partial charge in [-0.25, -0.2) is 14.6 Å². The molecule has 1 aliphatic heterocycles. The largest absolute Gasteiger partial charge is 0.490 e. The lowest BCUT2D eigenvalue weighted by atomic mass is 10.1. The number of thiophene rings is 1. The summed E-state index contributed by atoms with van der Waals surface area (Å²) in [6.07, 6.45) is -2.57. The van der Waals surface area contributed by atoms with Crippen molar-refractivity contribution in [1.29, 1.82) is 0 Å². The number of nitrogens with zero attached hydrogens (tertiary/aromatic N) is 5. The predicted octanol–water partition coefficient (Wildman–Crippen LogP) is 5.16. The maximum absolute atomic E-state index is 13.1. The van der Waals surface area contributed by atoms with Gasteiger partial charge in [-0.05, 0) is 48.7 Å². The predicted molar refractivity (Wildman–Crippen MR) is 146 cm³/mol. The monoisotopic (exact) mass is 645 g/mol. The summed E-state index contributed by atoms with van der Waals surface area (Å²) in [4.78, 5) is 44.9. The van der Waals surface area contributed by atoms with Crippen LogP contribution in [0.1, 0.15) is 27.0 Å². The number of aryl methyl sites for hydroxylation is 1. The molecule has 17 heteroatoms. The van der Waals surface area contributed by atoms with Gasteiger partial charge in [0.15, 0.2) is 0 Å². The van der Waals surface area contributed by atoms with Crippen molar-refractivity contribution in [3.05, 3.63) is 76.8 Å². The van der Waals surface area contributed by atoms with Crippen LogP contribution in [0.2, 0.25) is 0 Å². The number of fused-ring (bicyclic) bond motifs is 1. The molecule has 2 N–H and O–H groups in total. The number of likely N-dealkylation sites (N-methyl/N-ethyl adjacent to an activating group) is 1. The normalized spacial score (nSPS) is 15.5. The molecule has 0 aliphatic carbocycles. The molecule has 0 aromatic carbocycles. The minimum atomic E-state index is -5.08. The van der Waals surface area contributed by atoms with Crippen LogP contribution in [0.5, 0.6) is 0 Å². The Hall–Kier alpha value is -4.51. The molecule has 4 aromatic heterocycles. The van der Waals surface area contributed by atoms with Gasteiger partial charge in [-0.3, -0.25) is 14.7 Å². The first-order valence-electron chi connectivity index (χ1n) is 12.5. The van der Waals surface area contributed by atoms with E-state index in [0.717, 1.165) is 45.9 Å². The highest BCUT2D eigenvalue weighted by Gasteiger charge is 2.39. The van der Waals surface area contributed by atoms with Crippen molar-refractivity contribution < 1.29 is 50.9 Å². The van der Waals surface area contributed by atoms with Crippen LogP contribution in [-0.4, -0.2) is 91.3 Å². The van der Waals surface area contributed by atoms with E-state index in [0.29, 0.717) is 6.54 Å². The van der Waals surface area contributed by atoms with E-state index in [1.54, 1.807) is 6.20 Å². The van der Waals surface area contributed by atoms with E-state index in [-0.39, 0.29) is 11.9 Å². The number of amides is 1. The third-order valence-corrected chi connectivity index (χ3v) is 7.35. The van der Waals surface area contributed by atoms with E-state index in [4.69, 9.17) is 24.8 Å². The molecule has 1 aliphatic rings. The van der Waals surface area contributed by atoms with Crippen LogP contribution in [0.3, 0.4) is 0 Å². The molecule has 10 nitrogen and oxygen atoms in total. The Balaban J connectivity index is 0.000000317. The van der Waals surface area contributed by atoms with E-state index in [1.807, 2.05) is 41.9 Å². The van der Waals surface area contributed by atoms with E-state index in [9.17, 15) is 31.1 Å². The van der Waals surface area contributed by atoms with Crippen molar-refractivity contribution in [3.63, 3.8) is 0 Å². The van der Waals surface area contributed by atoms with E-state index < -0.39 is 24.3 Å². The molecule has 1 atom stereocenters. The highest BCUT2D eigenvalue weighted by atomic mass is 32.1. The number of halogens is 6. The lowest BCUT2D eigenvalue weighted by Gasteiger charge is -2.38. The van der Waals surface area contributed by atoms with Crippen LogP contribution < -0.4 is 0 Å². The first kappa shape index (κ1) is 34.0. The molecule has 1 amide bonds. The van der Waals surface area contributed by atoms with Gasteiger partial charge in [-0.1, -0.05) is 12.1 Å². The number of alkyl halides is 6. The number of piperazine rings is 1. The number of aliphatic carboxylic acids is 2. The molecule has 1 fully saturated rings. The number of carbonyl (C=O) groups is 3. The summed E-state index contributed by atoms with van der Waals surface area (Å²) in [6.45, 7) is 4.21. The zero-order chi connectivity index (χ0) is 32.8. The summed E-state index contributed by atoms with van der Waals surface area (Å²) in [5, 5.41) is 16.2. The summed E-state index contributed by atoms with van der Waals surface area (Å²) in [5.41, 5.74) is 5.31. The molecule has 1 unspecified atom stereocenters. The molecule has 44 heavy (non-hydrogen) atoms. The molecule has 0 radical (unpaired) electrons. The SMILES string of the molecule is Cc1ccsc1C(=O)N1CCN(C)C(c2ncn3cc(-c4cccnc4)ccc23)C1.O=C(O)C(F)(F)F.O=C(O)C(F)(F)F. The second-order valence-electron chi connectivity index (χ2n) is 9.37. The second-order valence-corrected chi connectivity index (χ2v) is 10.3. The minimum absolute atomic E-state index is 0.0669. The average Bonchev–Trinajstić information content (AvgIpc) is 3.58. The van der Waals surface area contributed by atoms with Gasteiger partial charge < -0.3 is 19.5 Å². The summed E-state index contributed by atoms with van der Waals surface area (Å²) in [6, 6.07) is 10.3. The standard InChI is InChI=1S/C23H23N5OS.2C2HF3O2/c1-16-7-11-30-22(16)23(29)27-10-9-26(2)20(14-27)21-19-6-5-18(13-28(19)15-25-21)17-4-3-8-24-12-17;2*3-2(4,5)1(6)7/h3-8,11-13,15,20H,9-10,14H2,1-2H3;2*(H,6,7). The first-order chi connectivity index (χ1) is 20.5. The molecule has 0 saturated carbocycles. The van der Waals surface area contributed by atoms with Crippen LogP contribution in [0.15, 0.2) is 60.6 Å². The Labute approximate surface area is 249 Å². The van der Waals surface area contributed by atoms with Gasteiger partial charge >= 0.3 is 24.3 Å². The summed E-state index contributed by atoms with van der Waals surface area (Å²) in [5.74, 6) is -5.39. The maximum atomic E-state index is 13.1. The smallest absolute Gasteiger partial charge is 0.475 e. The topological polar surface area (TPSA) is 128 Å². The highest BCUT2D eigenvalue weighted by molar-refractivity contribution is 7.12. The van der Waals surface area contributed by atoms with Crippen molar-refractivity contribution in [2.24, 2.45) is 0 Å². The van der Waals surface area contributed by atoms with Gasteiger partial charge in [0.05, 0.1) is 28.5 Å². The van der Waals surface area contributed by atoms with Crippen molar-refractivity contribution in [3.8, 4) is 11.1 Å².